The summed E-state index contributed by atoms with van der Waals surface area (Å²) in [6.45, 7) is -0.953. The normalized spacial score (nSPS) is 12.5. The van der Waals surface area contributed by atoms with Gasteiger partial charge in [0.1, 0.15) is 18.2 Å². The molecule has 27 heavy (non-hydrogen) atoms. The quantitative estimate of drug-likeness (QED) is 0.652. The van der Waals surface area contributed by atoms with Crippen LogP contribution < -0.4 is 10.6 Å². The minimum absolute atomic E-state index is 0.307. The van der Waals surface area contributed by atoms with Gasteiger partial charge in [-0.15, -0.1) is 11.3 Å². The van der Waals surface area contributed by atoms with Crippen LogP contribution in [0.15, 0.2) is 24.3 Å². The van der Waals surface area contributed by atoms with Crippen LogP contribution in [0, 0.1) is 0 Å². The summed E-state index contributed by atoms with van der Waals surface area (Å²) in [7, 11) is 0. The van der Waals surface area contributed by atoms with Crippen molar-refractivity contribution in [3.63, 3.8) is 0 Å². The third kappa shape index (κ3) is 4.85. The minimum atomic E-state index is -1.15. The van der Waals surface area contributed by atoms with Crippen molar-refractivity contribution in [2.24, 2.45) is 0 Å². The number of ether oxygens (including phenoxy) is 1. The largest absolute Gasteiger partial charge is 0.480 e. The molecule has 0 spiro atoms. The Hall–Kier alpha value is -2.42. The smallest absolute Gasteiger partial charge is 0.329 e. The first-order valence-corrected chi connectivity index (χ1v) is 9.44. The van der Waals surface area contributed by atoms with Crippen molar-refractivity contribution in [1.82, 2.24) is 0 Å². The van der Waals surface area contributed by atoms with Crippen LogP contribution in [0.1, 0.15) is 27.2 Å². The fraction of sp³-hybridized carbons (Fsp3) is 0.278. The van der Waals surface area contributed by atoms with Gasteiger partial charge in [-0.3, -0.25) is 9.59 Å². The Morgan fingerprint density at radius 2 is 1.85 bits per heavy atom. The van der Waals surface area contributed by atoms with Gasteiger partial charge in [0.15, 0.2) is 0 Å². The standard InChI is InChI=1S/C18H17ClN2O5S/c19-10-4-6-11(7-5-10)20-17(25)16-12-2-1-3-13(12)27-18(16)21-14(22)8-26-9-15(23)24/h4-7H,1-3,8-9H2,(H,20,25)(H,21,22)(H,23,24). The number of halogens is 1. The van der Waals surface area contributed by atoms with E-state index >= 15 is 0 Å². The lowest BCUT2D eigenvalue weighted by Gasteiger charge is -2.10. The predicted octanol–water partition coefficient (Wildman–Crippen LogP) is 3.18. The van der Waals surface area contributed by atoms with Gasteiger partial charge in [-0.05, 0) is 49.1 Å². The number of benzene rings is 1. The van der Waals surface area contributed by atoms with Crippen LogP contribution in [0.2, 0.25) is 5.02 Å². The number of amides is 2. The first-order chi connectivity index (χ1) is 12.9. The number of hydrogen-bond acceptors (Lipinski definition) is 5. The maximum atomic E-state index is 12.8. The number of thiophene rings is 1. The Morgan fingerprint density at radius 1 is 1.11 bits per heavy atom. The van der Waals surface area contributed by atoms with Crippen molar-refractivity contribution in [2.45, 2.75) is 19.3 Å². The second-order valence-corrected chi connectivity index (χ2v) is 7.50. The Kier molecular flexibility index (Phi) is 6.10. The number of carboxylic acid groups (broad SMARTS) is 1. The lowest BCUT2D eigenvalue weighted by molar-refractivity contribution is -0.143. The van der Waals surface area contributed by atoms with Crippen molar-refractivity contribution < 1.29 is 24.2 Å². The lowest BCUT2D eigenvalue weighted by atomic mass is 10.1. The molecule has 1 aromatic carbocycles. The van der Waals surface area contributed by atoms with Crippen LogP contribution in [0.3, 0.4) is 0 Å². The molecular formula is C18H17ClN2O5S. The van der Waals surface area contributed by atoms with Gasteiger partial charge < -0.3 is 20.5 Å². The molecule has 9 heteroatoms. The van der Waals surface area contributed by atoms with Crippen LogP contribution in [0.4, 0.5) is 10.7 Å². The Balaban J connectivity index is 1.75. The monoisotopic (exact) mass is 408 g/mol. The number of anilines is 2. The highest BCUT2D eigenvalue weighted by molar-refractivity contribution is 7.17. The summed E-state index contributed by atoms with van der Waals surface area (Å²) in [4.78, 5) is 36.4. The van der Waals surface area contributed by atoms with Gasteiger partial charge >= 0.3 is 5.97 Å². The first kappa shape index (κ1) is 19.3. The van der Waals surface area contributed by atoms with E-state index in [9.17, 15) is 14.4 Å². The topological polar surface area (TPSA) is 105 Å². The molecule has 1 aromatic heterocycles. The third-order valence-electron chi connectivity index (χ3n) is 3.96. The van der Waals surface area contributed by atoms with E-state index < -0.39 is 25.1 Å². The highest BCUT2D eigenvalue weighted by Crippen LogP contribution is 2.39. The molecule has 0 atom stereocenters. The summed E-state index contributed by atoms with van der Waals surface area (Å²) in [5.41, 5.74) is 2.01. The Morgan fingerprint density at radius 3 is 2.56 bits per heavy atom. The zero-order valence-corrected chi connectivity index (χ0v) is 15.8. The molecule has 1 aliphatic carbocycles. The van der Waals surface area contributed by atoms with Crippen LogP contribution in [0.25, 0.3) is 0 Å². The highest BCUT2D eigenvalue weighted by atomic mass is 35.5. The average Bonchev–Trinajstić information content (AvgIpc) is 3.17. The highest BCUT2D eigenvalue weighted by Gasteiger charge is 2.27. The number of carbonyl (C=O) groups is 3. The summed E-state index contributed by atoms with van der Waals surface area (Å²) < 4.78 is 4.79. The molecule has 0 unspecified atom stereocenters. The van der Waals surface area contributed by atoms with Gasteiger partial charge in [0.05, 0.1) is 5.56 Å². The van der Waals surface area contributed by atoms with Crippen LogP contribution in [-0.4, -0.2) is 36.1 Å². The first-order valence-electron chi connectivity index (χ1n) is 8.25. The average molecular weight is 409 g/mol. The molecule has 1 heterocycles. The molecule has 1 aliphatic rings. The van der Waals surface area contributed by atoms with Crippen molar-refractivity contribution in [3.8, 4) is 0 Å². The second-order valence-electron chi connectivity index (χ2n) is 5.96. The molecule has 0 saturated carbocycles. The number of carbonyl (C=O) groups excluding carboxylic acids is 2. The number of aryl methyl sites for hydroxylation is 1. The van der Waals surface area contributed by atoms with E-state index in [4.69, 9.17) is 21.4 Å². The van der Waals surface area contributed by atoms with Gasteiger partial charge in [0.2, 0.25) is 0 Å². The molecular weight excluding hydrogens is 392 g/mol. The van der Waals surface area contributed by atoms with E-state index in [1.165, 1.54) is 11.3 Å². The van der Waals surface area contributed by atoms with Crippen molar-refractivity contribution in [1.29, 1.82) is 0 Å². The number of hydrogen-bond donors (Lipinski definition) is 3. The zero-order valence-electron chi connectivity index (χ0n) is 14.2. The van der Waals surface area contributed by atoms with E-state index in [2.05, 4.69) is 10.6 Å². The summed E-state index contributed by atoms with van der Waals surface area (Å²) in [5, 5.41) is 15.1. The molecule has 0 aliphatic heterocycles. The molecule has 0 bridgehead atoms. The maximum absolute atomic E-state index is 12.8. The van der Waals surface area contributed by atoms with Gasteiger partial charge in [0, 0.05) is 15.6 Å². The SMILES string of the molecule is O=C(O)COCC(=O)Nc1sc2c(c1C(=O)Nc1ccc(Cl)cc1)CCC2. The molecule has 2 aromatic rings. The fourth-order valence-electron chi connectivity index (χ4n) is 2.85. The van der Waals surface area contributed by atoms with Crippen LogP contribution >= 0.6 is 22.9 Å². The third-order valence-corrected chi connectivity index (χ3v) is 5.42. The Bertz CT molecular complexity index is 879. The van der Waals surface area contributed by atoms with Gasteiger partial charge in [-0.25, -0.2) is 4.79 Å². The van der Waals surface area contributed by atoms with Gasteiger partial charge in [-0.2, -0.15) is 0 Å². The number of nitrogens with one attached hydrogen (secondary N) is 2. The molecule has 142 valence electrons. The van der Waals surface area contributed by atoms with Crippen LogP contribution in [0.5, 0.6) is 0 Å². The molecule has 0 saturated heterocycles. The molecule has 7 nitrogen and oxygen atoms in total. The Labute approximate surface area is 164 Å². The summed E-state index contributed by atoms with van der Waals surface area (Å²) in [6.07, 6.45) is 2.62. The minimum Gasteiger partial charge on any atom is -0.480 e. The number of aliphatic carboxylic acids is 1. The van der Waals surface area contributed by atoms with Crippen molar-refractivity contribution >= 4 is 51.4 Å². The van der Waals surface area contributed by atoms with Crippen molar-refractivity contribution in [3.05, 3.63) is 45.3 Å². The fourth-order valence-corrected chi connectivity index (χ4v) is 4.28. The summed E-state index contributed by atoms with van der Waals surface area (Å²) in [5.74, 6) is -1.96. The molecule has 2 amide bonds. The lowest BCUT2D eigenvalue weighted by Crippen LogP contribution is -2.22. The molecule has 0 fully saturated rings. The van der Waals surface area contributed by atoms with E-state index in [1.807, 2.05) is 0 Å². The zero-order chi connectivity index (χ0) is 19.4. The van der Waals surface area contributed by atoms with Gasteiger partial charge in [-0.1, -0.05) is 11.6 Å². The van der Waals surface area contributed by atoms with Gasteiger partial charge in [0.25, 0.3) is 11.8 Å². The maximum Gasteiger partial charge on any atom is 0.329 e. The van der Waals surface area contributed by atoms with E-state index in [-0.39, 0.29) is 5.91 Å². The number of carboxylic acids is 1. The molecule has 3 rings (SSSR count). The van der Waals surface area contributed by atoms with E-state index in [0.717, 1.165) is 29.7 Å². The second kappa shape index (κ2) is 8.51. The number of fused-ring (bicyclic) bond motifs is 1. The molecule has 0 radical (unpaired) electrons. The number of rotatable bonds is 7. The van der Waals surface area contributed by atoms with E-state index in [0.29, 0.717) is 21.3 Å². The van der Waals surface area contributed by atoms with Crippen LogP contribution in [-0.2, 0) is 27.2 Å². The summed E-state index contributed by atoms with van der Waals surface area (Å²) in [6, 6.07) is 6.75. The van der Waals surface area contributed by atoms with E-state index in [1.54, 1.807) is 24.3 Å². The predicted molar refractivity (Wildman–Crippen MR) is 103 cm³/mol. The molecule has 3 N–H and O–H groups in total. The van der Waals surface area contributed by atoms with Crippen molar-refractivity contribution in [2.75, 3.05) is 23.8 Å². The summed E-state index contributed by atoms with van der Waals surface area (Å²) >= 11 is 7.23.